The highest BCUT2D eigenvalue weighted by Crippen LogP contribution is 2.38. The van der Waals surface area contributed by atoms with Crippen molar-refractivity contribution in [1.29, 1.82) is 0 Å². The molecule has 0 aliphatic carbocycles. The number of carbonyl (C=O) groups is 2. The fourth-order valence-electron chi connectivity index (χ4n) is 3.99. The third-order valence-corrected chi connectivity index (χ3v) is 5.48. The second-order valence-corrected chi connectivity index (χ2v) is 7.28. The van der Waals surface area contributed by atoms with E-state index in [0.717, 1.165) is 11.3 Å². The number of hydrogen-bond acceptors (Lipinski definition) is 3. The monoisotopic (exact) mass is 393 g/mol. The van der Waals surface area contributed by atoms with E-state index in [4.69, 9.17) is 0 Å². The van der Waals surface area contributed by atoms with Gasteiger partial charge in [-0.3, -0.25) is 9.59 Å². The minimum atomic E-state index is -0.205. The molecule has 0 radical (unpaired) electrons. The summed E-state index contributed by atoms with van der Waals surface area (Å²) in [5.41, 5.74) is 4.93. The van der Waals surface area contributed by atoms with Crippen molar-refractivity contribution in [1.82, 2.24) is 14.9 Å². The number of carbonyl (C=O) groups excluding carboxylic acids is 2. The van der Waals surface area contributed by atoms with Crippen LogP contribution in [0.4, 0.5) is 0 Å². The van der Waals surface area contributed by atoms with Gasteiger partial charge in [0.15, 0.2) is 5.78 Å². The summed E-state index contributed by atoms with van der Waals surface area (Å²) in [7, 11) is 0. The van der Waals surface area contributed by atoms with E-state index >= 15 is 0 Å². The van der Waals surface area contributed by atoms with Crippen LogP contribution in [0.3, 0.4) is 0 Å². The Balaban J connectivity index is 1.34. The fraction of sp³-hybridized carbons (Fsp3) is 0.0800. The molecule has 4 aromatic rings. The molecular weight excluding hydrogens is 374 g/mol. The summed E-state index contributed by atoms with van der Waals surface area (Å²) in [4.78, 5) is 29.8. The molecule has 0 saturated heterocycles. The Morgan fingerprint density at radius 3 is 2.47 bits per heavy atom. The highest BCUT2D eigenvalue weighted by Gasteiger charge is 2.28. The number of ketones is 1. The van der Waals surface area contributed by atoms with Crippen LogP contribution in [0.5, 0.6) is 0 Å². The normalized spacial score (nSPS) is 14.1. The van der Waals surface area contributed by atoms with Gasteiger partial charge in [-0.2, -0.15) is 0 Å². The SMILES string of the molecule is O=C(NC[C@H]1c2ccccc2-c2cncn21)c1cccc(C(=O)c2ccccc2)c1. The van der Waals surface area contributed by atoms with Gasteiger partial charge in [0, 0.05) is 28.8 Å². The second kappa shape index (κ2) is 7.44. The zero-order chi connectivity index (χ0) is 20.5. The fourth-order valence-corrected chi connectivity index (χ4v) is 3.99. The van der Waals surface area contributed by atoms with Crippen LogP contribution in [-0.2, 0) is 0 Å². The van der Waals surface area contributed by atoms with Gasteiger partial charge < -0.3 is 9.88 Å². The Kier molecular flexibility index (Phi) is 4.48. The van der Waals surface area contributed by atoms with E-state index in [1.54, 1.807) is 42.7 Å². The van der Waals surface area contributed by atoms with Gasteiger partial charge in [-0.1, -0.05) is 66.7 Å². The van der Waals surface area contributed by atoms with Crippen LogP contribution in [0.1, 0.15) is 37.9 Å². The standard InChI is InChI=1S/C25H19N3O2/c29-24(17-7-2-1-3-8-17)18-9-6-10-19(13-18)25(30)27-15-23-21-12-5-4-11-20(21)22-14-26-16-28(22)23/h1-14,16,23H,15H2,(H,27,30)/t23-/m0/s1. The molecule has 1 N–H and O–H groups in total. The number of nitrogens with zero attached hydrogens (tertiary/aromatic N) is 2. The zero-order valence-corrected chi connectivity index (χ0v) is 16.2. The minimum absolute atomic E-state index is 0.00298. The molecule has 0 saturated carbocycles. The third-order valence-electron chi connectivity index (χ3n) is 5.48. The lowest BCUT2D eigenvalue weighted by atomic mass is 10.0. The molecule has 30 heavy (non-hydrogen) atoms. The number of hydrogen-bond donors (Lipinski definition) is 1. The van der Waals surface area contributed by atoms with Crippen molar-refractivity contribution in [3.8, 4) is 11.3 Å². The summed E-state index contributed by atoms with van der Waals surface area (Å²) in [5.74, 6) is -0.304. The predicted molar refractivity (Wildman–Crippen MR) is 114 cm³/mol. The van der Waals surface area contributed by atoms with Crippen LogP contribution in [-0.4, -0.2) is 27.8 Å². The number of nitrogens with one attached hydrogen (secondary N) is 1. The van der Waals surface area contributed by atoms with Crippen molar-refractivity contribution in [2.24, 2.45) is 0 Å². The maximum Gasteiger partial charge on any atom is 0.251 e. The Hall–Kier alpha value is -3.99. The van der Waals surface area contributed by atoms with Gasteiger partial charge in [-0.05, 0) is 17.7 Å². The molecule has 5 heteroatoms. The van der Waals surface area contributed by atoms with E-state index in [-0.39, 0.29) is 17.7 Å². The predicted octanol–water partition coefficient (Wildman–Crippen LogP) is 4.11. The third kappa shape index (κ3) is 3.10. The van der Waals surface area contributed by atoms with E-state index in [9.17, 15) is 9.59 Å². The summed E-state index contributed by atoms with van der Waals surface area (Å²) < 4.78 is 2.08. The minimum Gasteiger partial charge on any atom is -0.350 e. The van der Waals surface area contributed by atoms with Crippen LogP contribution in [0.25, 0.3) is 11.3 Å². The van der Waals surface area contributed by atoms with Crippen molar-refractivity contribution in [3.63, 3.8) is 0 Å². The lowest BCUT2D eigenvalue weighted by Crippen LogP contribution is -2.30. The smallest absolute Gasteiger partial charge is 0.251 e. The largest absolute Gasteiger partial charge is 0.350 e. The van der Waals surface area contributed by atoms with Crippen molar-refractivity contribution in [2.45, 2.75) is 6.04 Å². The van der Waals surface area contributed by atoms with Gasteiger partial charge in [-0.15, -0.1) is 0 Å². The average molecular weight is 393 g/mol. The number of aromatic nitrogens is 2. The molecule has 3 aromatic carbocycles. The topological polar surface area (TPSA) is 64.0 Å². The molecule has 1 aliphatic heterocycles. The first kappa shape index (κ1) is 18.1. The van der Waals surface area contributed by atoms with Gasteiger partial charge in [-0.25, -0.2) is 4.98 Å². The first-order valence-electron chi connectivity index (χ1n) is 9.81. The number of fused-ring (bicyclic) bond motifs is 3. The molecule has 2 heterocycles. The first-order chi connectivity index (χ1) is 14.7. The number of amides is 1. The average Bonchev–Trinajstić information content (AvgIpc) is 3.39. The maximum atomic E-state index is 12.8. The maximum absolute atomic E-state index is 12.8. The van der Waals surface area contributed by atoms with Crippen molar-refractivity contribution in [3.05, 3.63) is 114 Å². The van der Waals surface area contributed by atoms with Gasteiger partial charge in [0.2, 0.25) is 0 Å². The van der Waals surface area contributed by atoms with E-state index in [0.29, 0.717) is 23.2 Å². The van der Waals surface area contributed by atoms with Crippen LogP contribution >= 0.6 is 0 Å². The van der Waals surface area contributed by atoms with E-state index in [1.165, 1.54) is 5.56 Å². The second-order valence-electron chi connectivity index (χ2n) is 7.28. The van der Waals surface area contributed by atoms with Gasteiger partial charge in [0.25, 0.3) is 5.91 Å². The highest BCUT2D eigenvalue weighted by molar-refractivity contribution is 6.10. The van der Waals surface area contributed by atoms with Crippen molar-refractivity contribution >= 4 is 11.7 Å². The van der Waals surface area contributed by atoms with Crippen LogP contribution in [0.2, 0.25) is 0 Å². The first-order valence-corrected chi connectivity index (χ1v) is 9.81. The Morgan fingerprint density at radius 2 is 1.60 bits per heavy atom. The van der Waals surface area contributed by atoms with Crippen LogP contribution < -0.4 is 5.32 Å². The molecular formula is C25H19N3O2. The Morgan fingerprint density at radius 1 is 0.867 bits per heavy atom. The van der Waals surface area contributed by atoms with Gasteiger partial charge in [0.1, 0.15) is 0 Å². The summed E-state index contributed by atoms with van der Waals surface area (Å²) >= 11 is 0. The van der Waals surface area contributed by atoms with Gasteiger partial charge >= 0.3 is 0 Å². The highest BCUT2D eigenvalue weighted by atomic mass is 16.1. The molecule has 0 unspecified atom stereocenters. The van der Waals surface area contributed by atoms with E-state index in [1.807, 2.05) is 36.5 Å². The molecule has 146 valence electrons. The number of benzene rings is 3. The molecule has 5 nitrogen and oxygen atoms in total. The van der Waals surface area contributed by atoms with E-state index < -0.39 is 0 Å². The molecule has 0 bridgehead atoms. The quantitative estimate of drug-likeness (QED) is 0.519. The molecule has 1 atom stereocenters. The van der Waals surface area contributed by atoms with Gasteiger partial charge in [0.05, 0.1) is 24.3 Å². The molecule has 1 aliphatic rings. The molecule has 1 amide bonds. The molecule has 1 aromatic heterocycles. The lowest BCUT2D eigenvalue weighted by Gasteiger charge is -2.16. The summed E-state index contributed by atoms with van der Waals surface area (Å²) in [6.45, 7) is 0.441. The Bertz CT molecular complexity index is 1240. The molecule has 0 spiro atoms. The van der Waals surface area contributed by atoms with Crippen LogP contribution in [0, 0.1) is 0 Å². The van der Waals surface area contributed by atoms with Crippen molar-refractivity contribution < 1.29 is 9.59 Å². The zero-order valence-electron chi connectivity index (χ0n) is 16.2. The summed E-state index contributed by atoms with van der Waals surface area (Å²) in [6, 6.07) is 24.1. The summed E-state index contributed by atoms with van der Waals surface area (Å²) in [5, 5.41) is 3.02. The lowest BCUT2D eigenvalue weighted by molar-refractivity contribution is 0.0950. The molecule has 5 rings (SSSR count). The van der Waals surface area contributed by atoms with Crippen LogP contribution in [0.15, 0.2) is 91.4 Å². The summed E-state index contributed by atoms with van der Waals surface area (Å²) in [6.07, 6.45) is 3.64. The number of imidazole rings is 1. The molecule has 0 fully saturated rings. The number of rotatable bonds is 5. The van der Waals surface area contributed by atoms with E-state index in [2.05, 4.69) is 27.0 Å². The Labute approximate surface area is 174 Å². The van der Waals surface area contributed by atoms with Crippen molar-refractivity contribution in [2.75, 3.05) is 6.54 Å².